The zero-order chi connectivity index (χ0) is 14.8. The van der Waals surface area contributed by atoms with E-state index in [9.17, 15) is 13.2 Å². The highest BCUT2D eigenvalue weighted by atomic mass is 32.2. The van der Waals surface area contributed by atoms with Gasteiger partial charge in [-0.15, -0.1) is 0 Å². The summed E-state index contributed by atoms with van der Waals surface area (Å²) in [5, 5.41) is 0. The summed E-state index contributed by atoms with van der Waals surface area (Å²) in [4.78, 5) is 13.7. The summed E-state index contributed by atoms with van der Waals surface area (Å²) < 4.78 is 28.0. The molecular weight excluding hydrogens is 278 g/mol. The Morgan fingerprint density at radius 1 is 1.35 bits per heavy atom. The summed E-state index contributed by atoms with van der Waals surface area (Å²) in [6, 6.07) is 7.11. The minimum absolute atomic E-state index is 0.0581. The first-order valence-corrected chi connectivity index (χ1v) is 8.32. The highest BCUT2D eigenvalue weighted by Gasteiger charge is 2.32. The number of carbonyl (C=O) groups is 1. The molecule has 1 heterocycles. The molecule has 2 rings (SSSR count). The third kappa shape index (κ3) is 3.50. The smallest absolute Gasteiger partial charge is 0.227 e. The first kappa shape index (κ1) is 14.8. The number of hydrogen-bond donors (Lipinski definition) is 0. The molecule has 20 heavy (non-hydrogen) atoms. The molecule has 1 fully saturated rings. The Labute approximate surface area is 119 Å². The van der Waals surface area contributed by atoms with Crippen molar-refractivity contribution in [2.24, 2.45) is 0 Å². The van der Waals surface area contributed by atoms with Crippen LogP contribution >= 0.6 is 0 Å². The molecule has 1 aliphatic rings. The first-order valence-electron chi connectivity index (χ1n) is 6.50. The Hall–Kier alpha value is -1.56. The van der Waals surface area contributed by atoms with Crippen LogP contribution in [0.3, 0.4) is 0 Å². The monoisotopic (exact) mass is 297 g/mol. The Balaban J connectivity index is 1.97. The molecule has 0 spiro atoms. The van der Waals surface area contributed by atoms with Crippen molar-refractivity contribution in [3.05, 3.63) is 29.8 Å². The van der Waals surface area contributed by atoms with Gasteiger partial charge in [-0.2, -0.15) is 0 Å². The molecule has 0 unspecified atom stereocenters. The summed E-state index contributed by atoms with van der Waals surface area (Å²) >= 11 is 0. The van der Waals surface area contributed by atoms with E-state index in [0.717, 1.165) is 11.3 Å². The molecule has 0 radical (unpaired) electrons. The normalized spacial score (nSPS) is 20.6. The van der Waals surface area contributed by atoms with Crippen molar-refractivity contribution in [1.82, 2.24) is 4.90 Å². The summed E-state index contributed by atoms with van der Waals surface area (Å²) in [5.74, 6) is 0.948. The molecule has 1 atom stereocenters. The maximum atomic E-state index is 12.2. The van der Waals surface area contributed by atoms with Crippen LogP contribution in [-0.4, -0.2) is 50.9 Å². The van der Waals surface area contributed by atoms with Gasteiger partial charge in [0.2, 0.25) is 5.91 Å². The van der Waals surface area contributed by atoms with Gasteiger partial charge in [-0.3, -0.25) is 4.79 Å². The van der Waals surface area contributed by atoms with Crippen molar-refractivity contribution in [2.45, 2.75) is 18.9 Å². The fourth-order valence-electron chi connectivity index (χ4n) is 2.33. The molecule has 0 aliphatic carbocycles. The van der Waals surface area contributed by atoms with E-state index in [1.807, 2.05) is 24.3 Å². The second kappa shape index (κ2) is 5.83. The minimum Gasteiger partial charge on any atom is -0.497 e. The molecule has 0 saturated carbocycles. The zero-order valence-corrected chi connectivity index (χ0v) is 12.5. The quantitative estimate of drug-likeness (QED) is 0.828. The maximum Gasteiger partial charge on any atom is 0.227 e. The van der Waals surface area contributed by atoms with E-state index >= 15 is 0 Å². The topological polar surface area (TPSA) is 63.7 Å². The van der Waals surface area contributed by atoms with Gasteiger partial charge in [-0.25, -0.2) is 8.42 Å². The van der Waals surface area contributed by atoms with Crippen LogP contribution in [-0.2, 0) is 21.1 Å². The van der Waals surface area contributed by atoms with Gasteiger partial charge in [0.25, 0.3) is 0 Å². The van der Waals surface area contributed by atoms with Crippen LogP contribution in [0.4, 0.5) is 0 Å². The molecule has 1 saturated heterocycles. The average Bonchev–Trinajstić information content (AvgIpc) is 2.79. The lowest BCUT2D eigenvalue weighted by Crippen LogP contribution is -2.38. The average molecular weight is 297 g/mol. The Morgan fingerprint density at radius 3 is 2.50 bits per heavy atom. The van der Waals surface area contributed by atoms with Crippen LogP contribution in [0.2, 0.25) is 0 Å². The number of benzene rings is 1. The van der Waals surface area contributed by atoms with E-state index in [2.05, 4.69) is 0 Å². The highest BCUT2D eigenvalue weighted by Crippen LogP contribution is 2.18. The molecular formula is C14H19NO4S. The van der Waals surface area contributed by atoms with Crippen molar-refractivity contribution in [1.29, 1.82) is 0 Å². The van der Waals surface area contributed by atoms with Gasteiger partial charge in [-0.05, 0) is 24.1 Å². The zero-order valence-electron chi connectivity index (χ0n) is 11.7. The van der Waals surface area contributed by atoms with E-state index in [0.29, 0.717) is 6.42 Å². The van der Waals surface area contributed by atoms with Crippen molar-refractivity contribution >= 4 is 15.7 Å². The summed E-state index contributed by atoms with van der Waals surface area (Å²) in [5.41, 5.74) is 0.892. The maximum absolute atomic E-state index is 12.2. The molecule has 1 amide bonds. The Kier molecular flexibility index (Phi) is 4.32. The molecule has 5 nitrogen and oxygen atoms in total. The number of methoxy groups -OCH3 is 1. The highest BCUT2D eigenvalue weighted by molar-refractivity contribution is 7.91. The van der Waals surface area contributed by atoms with Crippen LogP contribution in [0.25, 0.3) is 0 Å². The summed E-state index contributed by atoms with van der Waals surface area (Å²) in [6.07, 6.45) is 0.810. The number of sulfone groups is 1. The van der Waals surface area contributed by atoms with Gasteiger partial charge in [-0.1, -0.05) is 12.1 Å². The Bertz CT molecular complexity index is 580. The third-order valence-electron chi connectivity index (χ3n) is 3.66. The van der Waals surface area contributed by atoms with Crippen molar-refractivity contribution < 1.29 is 17.9 Å². The van der Waals surface area contributed by atoms with Crippen LogP contribution in [0, 0.1) is 0 Å². The number of amides is 1. The van der Waals surface area contributed by atoms with E-state index < -0.39 is 9.84 Å². The lowest BCUT2D eigenvalue weighted by molar-refractivity contribution is -0.130. The number of ether oxygens (including phenoxy) is 1. The van der Waals surface area contributed by atoms with Crippen LogP contribution in [0.5, 0.6) is 5.75 Å². The molecule has 0 aromatic heterocycles. The molecule has 1 aliphatic heterocycles. The fraction of sp³-hybridized carbons (Fsp3) is 0.500. The largest absolute Gasteiger partial charge is 0.497 e. The molecule has 1 aromatic rings. The number of likely N-dealkylation sites (N-methyl/N-ethyl adjacent to an activating group) is 1. The fourth-order valence-corrected chi connectivity index (χ4v) is 4.10. The minimum atomic E-state index is -2.97. The predicted octanol–water partition coefficient (Wildman–Crippen LogP) is 0.883. The van der Waals surface area contributed by atoms with Gasteiger partial charge in [0.05, 0.1) is 25.0 Å². The van der Waals surface area contributed by atoms with Gasteiger partial charge in [0.15, 0.2) is 9.84 Å². The summed E-state index contributed by atoms with van der Waals surface area (Å²) in [7, 11) is 0.303. The van der Waals surface area contributed by atoms with Crippen molar-refractivity contribution in [2.75, 3.05) is 25.7 Å². The van der Waals surface area contributed by atoms with Gasteiger partial charge >= 0.3 is 0 Å². The van der Waals surface area contributed by atoms with E-state index in [1.54, 1.807) is 19.1 Å². The van der Waals surface area contributed by atoms with E-state index in [-0.39, 0.29) is 29.9 Å². The lowest BCUT2D eigenvalue weighted by Gasteiger charge is -2.23. The molecule has 6 heteroatoms. The van der Waals surface area contributed by atoms with Crippen molar-refractivity contribution in [3.63, 3.8) is 0 Å². The second-order valence-corrected chi connectivity index (χ2v) is 7.32. The predicted molar refractivity (Wildman–Crippen MR) is 76.5 cm³/mol. The number of nitrogens with zero attached hydrogens (tertiary/aromatic N) is 1. The number of hydrogen-bond acceptors (Lipinski definition) is 4. The van der Waals surface area contributed by atoms with Crippen molar-refractivity contribution in [3.8, 4) is 5.75 Å². The summed E-state index contributed by atoms with van der Waals surface area (Å²) in [6.45, 7) is 0. The molecule has 110 valence electrons. The van der Waals surface area contributed by atoms with Crippen LogP contribution in [0.1, 0.15) is 12.0 Å². The standard InChI is InChI=1S/C14H19NO4S/c1-15(12-7-8-20(17,18)10-12)14(16)9-11-3-5-13(19-2)6-4-11/h3-6,12H,7-10H2,1-2H3/t12-/m1/s1. The van der Waals surface area contributed by atoms with Crippen LogP contribution < -0.4 is 4.74 Å². The number of rotatable bonds is 4. The first-order chi connectivity index (χ1) is 9.41. The van der Waals surface area contributed by atoms with Gasteiger partial charge in [0, 0.05) is 13.1 Å². The van der Waals surface area contributed by atoms with Gasteiger partial charge < -0.3 is 9.64 Å². The molecule has 0 N–H and O–H groups in total. The van der Waals surface area contributed by atoms with Crippen LogP contribution in [0.15, 0.2) is 24.3 Å². The van der Waals surface area contributed by atoms with E-state index in [1.165, 1.54) is 0 Å². The molecule has 0 bridgehead atoms. The van der Waals surface area contributed by atoms with Gasteiger partial charge in [0.1, 0.15) is 5.75 Å². The molecule has 1 aromatic carbocycles. The van der Waals surface area contributed by atoms with E-state index in [4.69, 9.17) is 4.74 Å². The third-order valence-corrected chi connectivity index (χ3v) is 5.41. The second-order valence-electron chi connectivity index (χ2n) is 5.09. The SMILES string of the molecule is COc1ccc(CC(=O)N(C)[C@@H]2CCS(=O)(=O)C2)cc1. The number of carbonyl (C=O) groups excluding carboxylic acids is 1. The lowest BCUT2D eigenvalue weighted by atomic mass is 10.1. The Morgan fingerprint density at radius 2 is 2.00 bits per heavy atom.